The summed E-state index contributed by atoms with van der Waals surface area (Å²) in [6.45, 7) is 4.74. The molecule has 2 N–H and O–H groups in total. The maximum atomic E-state index is 12.1. The van der Waals surface area contributed by atoms with Crippen molar-refractivity contribution in [1.29, 1.82) is 0 Å². The second-order valence-electron chi connectivity index (χ2n) is 5.52. The molecular formula is C15H17Cl2N3O2S. The van der Waals surface area contributed by atoms with Gasteiger partial charge in [0.05, 0.1) is 10.0 Å². The third-order valence-electron chi connectivity index (χ3n) is 2.95. The van der Waals surface area contributed by atoms with Gasteiger partial charge in [0.15, 0.2) is 5.17 Å². The minimum Gasteiger partial charge on any atom is -0.326 e. The molecule has 2 rings (SSSR count). The number of thioether (sulfide) groups is 1. The number of amidine groups is 1. The van der Waals surface area contributed by atoms with Crippen LogP contribution in [-0.4, -0.2) is 28.8 Å². The Labute approximate surface area is 149 Å². The Kier molecular flexibility index (Phi) is 6.33. The van der Waals surface area contributed by atoms with Crippen LogP contribution in [0.5, 0.6) is 0 Å². The molecule has 5 nitrogen and oxygen atoms in total. The average molecular weight is 374 g/mol. The molecule has 0 radical (unpaired) electrons. The molecule has 8 heteroatoms. The van der Waals surface area contributed by atoms with E-state index in [0.717, 1.165) is 0 Å². The van der Waals surface area contributed by atoms with Crippen molar-refractivity contribution in [3.8, 4) is 0 Å². The van der Waals surface area contributed by atoms with Gasteiger partial charge in [0, 0.05) is 18.7 Å². The third-order valence-corrected chi connectivity index (χ3v) is 4.81. The fourth-order valence-corrected chi connectivity index (χ4v) is 3.11. The molecule has 1 heterocycles. The number of hydrogen-bond donors (Lipinski definition) is 2. The molecule has 1 aromatic carbocycles. The normalized spacial score (nSPS) is 19.3. The van der Waals surface area contributed by atoms with Crippen LogP contribution >= 0.6 is 35.0 Å². The number of rotatable bonds is 5. The Morgan fingerprint density at radius 2 is 2.13 bits per heavy atom. The lowest BCUT2D eigenvalue weighted by molar-refractivity contribution is -0.122. The van der Waals surface area contributed by atoms with E-state index in [1.54, 1.807) is 18.2 Å². The van der Waals surface area contributed by atoms with Gasteiger partial charge in [0.1, 0.15) is 5.25 Å². The van der Waals surface area contributed by atoms with Gasteiger partial charge in [-0.25, -0.2) is 0 Å². The largest absolute Gasteiger partial charge is 0.326 e. The smallest absolute Gasteiger partial charge is 0.240 e. The quantitative estimate of drug-likeness (QED) is 0.828. The van der Waals surface area contributed by atoms with Gasteiger partial charge in [0.2, 0.25) is 11.8 Å². The number of aliphatic imine (C=N–C) groups is 1. The van der Waals surface area contributed by atoms with Gasteiger partial charge >= 0.3 is 0 Å². The molecule has 1 aliphatic heterocycles. The molecule has 0 aromatic heterocycles. The Bertz CT molecular complexity index is 650. The summed E-state index contributed by atoms with van der Waals surface area (Å²) < 4.78 is 0. The SMILES string of the molecule is CC(C)CN=C1NC(=O)[C@@H](CC(=O)Nc2ccc(Cl)c(Cl)c2)S1. The minimum absolute atomic E-state index is 0.0669. The molecule has 0 aliphatic carbocycles. The number of benzene rings is 1. The second-order valence-corrected chi connectivity index (χ2v) is 7.52. The van der Waals surface area contributed by atoms with Crippen molar-refractivity contribution in [2.24, 2.45) is 10.9 Å². The average Bonchev–Trinajstić information content (AvgIpc) is 2.81. The Hall–Kier alpha value is -1.24. The summed E-state index contributed by atoms with van der Waals surface area (Å²) in [7, 11) is 0. The monoisotopic (exact) mass is 373 g/mol. The van der Waals surface area contributed by atoms with E-state index in [1.165, 1.54) is 11.8 Å². The number of hydrogen-bond acceptors (Lipinski definition) is 4. The van der Waals surface area contributed by atoms with Crippen molar-refractivity contribution in [3.63, 3.8) is 0 Å². The van der Waals surface area contributed by atoms with Gasteiger partial charge < -0.3 is 10.6 Å². The molecule has 23 heavy (non-hydrogen) atoms. The van der Waals surface area contributed by atoms with E-state index in [2.05, 4.69) is 15.6 Å². The summed E-state index contributed by atoms with van der Waals surface area (Å²) in [6, 6.07) is 4.83. The highest BCUT2D eigenvalue weighted by Gasteiger charge is 2.32. The number of halogens is 2. The highest BCUT2D eigenvalue weighted by molar-refractivity contribution is 8.15. The standard InChI is InChI=1S/C15H17Cl2N3O2S/c1-8(2)7-18-15-20-14(22)12(23-15)6-13(21)19-9-3-4-10(16)11(17)5-9/h3-5,8,12H,6-7H2,1-2H3,(H,19,21)(H,18,20,22)/t12-/m1/s1. The van der Waals surface area contributed by atoms with Crippen LogP contribution in [0.4, 0.5) is 5.69 Å². The van der Waals surface area contributed by atoms with Crippen LogP contribution in [0.2, 0.25) is 10.0 Å². The summed E-state index contributed by atoms with van der Waals surface area (Å²) in [4.78, 5) is 28.3. The van der Waals surface area contributed by atoms with E-state index in [1.807, 2.05) is 13.8 Å². The number of nitrogens with zero attached hydrogens (tertiary/aromatic N) is 1. The van der Waals surface area contributed by atoms with Crippen molar-refractivity contribution in [1.82, 2.24) is 5.32 Å². The summed E-state index contributed by atoms with van der Waals surface area (Å²) >= 11 is 13.0. The Balaban J connectivity index is 1.91. The molecule has 1 saturated heterocycles. The van der Waals surface area contributed by atoms with E-state index < -0.39 is 5.25 Å². The third kappa shape index (κ3) is 5.41. The van der Waals surface area contributed by atoms with Gasteiger partial charge in [0.25, 0.3) is 0 Å². The van der Waals surface area contributed by atoms with Crippen molar-refractivity contribution >= 4 is 57.6 Å². The van der Waals surface area contributed by atoms with Gasteiger partial charge in [-0.1, -0.05) is 48.8 Å². The summed E-state index contributed by atoms with van der Waals surface area (Å²) in [5.74, 6) is -0.0417. The van der Waals surface area contributed by atoms with E-state index in [9.17, 15) is 9.59 Å². The molecule has 2 amide bonds. The van der Waals surface area contributed by atoms with Crippen LogP contribution in [0.15, 0.2) is 23.2 Å². The Morgan fingerprint density at radius 3 is 2.78 bits per heavy atom. The Morgan fingerprint density at radius 1 is 1.39 bits per heavy atom. The molecule has 0 unspecified atom stereocenters. The van der Waals surface area contributed by atoms with Crippen molar-refractivity contribution in [2.75, 3.05) is 11.9 Å². The predicted octanol–water partition coefficient (Wildman–Crippen LogP) is 3.57. The lowest BCUT2D eigenvalue weighted by atomic mass is 10.2. The first-order chi connectivity index (χ1) is 10.8. The van der Waals surface area contributed by atoms with Gasteiger partial charge in [-0.15, -0.1) is 0 Å². The fraction of sp³-hybridized carbons (Fsp3) is 0.400. The molecule has 1 atom stereocenters. The van der Waals surface area contributed by atoms with Crippen molar-refractivity contribution < 1.29 is 9.59 Å². The molecule has 1 fully saturated rings. The molecule has 0 saturated carbocycles. The maximum absolute atomic E-state index is 12.1. The first-order valence-corrected chi connectivity index (χ1v) is 8.75. The highest BCUT2D eigenvalue weighted by atomic mass is 35.5. The zero-order valence-electron chi connectivity index (χ0n) is 12.7. The zero-order valence-corrected chi connectivity index (χ0v) is 15.1. The highest BCUT2D eigenvalue weighted by Crippen LogP contribution is 2.26. The number of carbonyl (C=O) groups excluding carboxylic acids is 2. The molecule has 1 aromatic rings. The van der Waals surface area contributed by atoms with Crippen LogP contribution in [0.3, 0.4) is 0 Å². The van der Waals surface area contributed by atoms with E-state index in [-0.39, 0.29) is 18.2 Å². The lowest BCUT2D eigenvalue weighted by Crippen LogP contribution is -2.28. The van der Waals surface area contributed by atoms with Crippen LogP contribution in [-0.2, 0) is 9.59 Å². The molecule has 0 spiro atoms. The first kappa shape index (κ1) is 18.1. The number of amides is 2. The van der Waals surface area contributed by atoms with Gasteiger partial charge in [-0.2, -0.15) is 0 Å². The van der Waals surface area contributed by atoms with Crippen LogP contribution in [0.25, 0.3) is 0 Å². The predicted molar refractivity (Wildman–Crippen MR) is 96.4 cm³/mol. The lowest BCUT2D eigenvalue weighted by Gasteiger charge is -2.08. The number of carbonyl (C=O) groups is 2. The summed E-state index contributed by atoms with van der Waals surface area (Å²) in [5, 5.41) is 6.30. The van der Waals surface area contributed by atoms with Gasteiger partial charge in [-0.05, 0) is 24.1 Å². The van der Waals surface area contributed by atoms with Gasteiger partial charge in [-0.3, -0.25) is 14.6 Å². The zero-order chi connectivity index (χ0) is 17.0. The van der Waals surface area contributed by atoms with Crippen LogP contribution in [0.1, 0.15) is 20.3 Å². The molecule has 1 aliphatic rings. The van der Waals surface area contributed by atoms with E-state index in [4.69, 9.17) is 23.2 Å². The molecule has 124 valence electrons. The second kappa shape index (κ2) is 8.04. The molecule has 0 bridgehead atoms. The van der Waals surface area contributed by atoms with Crippen molar-refractivity contribution in [3.05, 3.63) is 28.2 Å². The number of nitrogens with one attached hydrogen (secondary N) is 2. The topological polar surface area (TPSA) is 70.6 Å². The first-order valence-electron chi connectivity index (χ1n) is 7.12. The maximum Gasteiger partial charge on any atom is 0.240 e. The van der Waals surface area contributed by atoms with E-state index >= 15 is 0 Å². The van der Waals surface area contributed by atoms with E-state index in [0.29, 0.717) is 33.4 Å². The van der Waals surface area contributed by atoms with Crippen molar-refractivity contribution in [2.45, 2.75) is 25.5 Å². The summed E-state index contributed by atoms with van der Waals surface area (Å²) in [5.41, 5.74) is 0.543. The van der Waals surface area contributed by atoms with Crippen LogP contribution in [0, 0.1) is 5.92 Å². The number of anilines is 1. The fourth-order valence-electron chi connectivity index (χ4n) is 1.83. The van der Waals surface area contributed by atoms with Crippen LogP contribution < -0.4 is 10.6 Å². The summed E-state index contributed by atoms with van der Waals surface area (Å²) in [6.07, 6.45) is 0.0669. The minimum atomic E-state index is -0.469. The molecular weight excluding hydrogens is 357 g/mol.